The zero-order chi connectivity index (χ0) is 24.6. The SMILES string of the molecule is C=C(C)[C@H](O)C[C@@H](O)[C@@H](C)[C@H]1CC[C@@]2(C)C3=C(CC[C@]12C)[C@@]1(C)CC[C@H](O)C(C)(C)[C@@H]1CC3. The van der Waals surface area contributed by atoms with Crippen molar-refractivity contribution in [2.24, 2.45) is 39.4 Å². The standard InChI is InChI=1S/C30H50O3/c1-18(2)23(31)17-24(32)19(3)20-11-15-30(8)22-9-10-25-27(4,5)26(33)13-14-28(25,6)21(22)12-16-29(20,30)7/h19-20,23-26,31-33H,1,9-17H2,2-8H3/t19-,20+,23+,24+,25-,26-,28+,29+,30-/m0/s1. The third-order valence-corrected chi connectivity index (χ3v) is 12.1. The molecule has 4 rings (SSSR count). The van der Waals surface area contributed by atoms with Gasteiger partial charge in [0.1, 0.15) is 0 Å². The second-order valence-electron chi connectivity index (χ2n) is 13.8. The molecule has 0 aliphatic heterocycles. The van der Waals surface area contributed by atoms with E-state index in [0.29, 0.717) is 18.3 Å². The highest BCUT2D eigenvalue weighted by Crippen LogP contribution is 2.72. The van der Waals surface area contributed by atoms with Gasteiger partial charge in [0.05, 0.1) is 18.3 Å². The van der Waals surface area contributed by atoms with E-state index in [1.165, 1.54) is 32.1 Å². The minimum atomic E-state index is -0.621. The van der Waals surface area contributed by atoms with E-state index in [2.05, 4.69) is 48.1 Å². The Morgan fingerprint density at radius 3 is 2.27 bits per heavy atom. The molecule has 2 fully saturated rings. The van der Waals surface area contributed by atoms with Crippen LogP contribution in [0.5, 0.6) is 0 Å². The van der Waals surface area contributed by atoms with E-state index in [4.69, 9.17) is 0 Å². The van der Waals surface area contributed by atoms with Gasteiger partial charge in [0.15, 0.2) is 0 Å². The van der Waals surface area contributed by atoms with Crippen molar-refractivity contribution in [1.29, 1.82) is 0 Å². The molecule has 2 saturated carbocycles. The molecule has 3 nitrogen and oxygen atoms in total. The van der Waals surface area contributed by atoms with Crippen molar-refractivity contribution in [2.75, 3.05) is 0 Å². The Bertz CT molecular complexity index is 826. The fourth-order valence-electron chi connectivity index (χ4n) is 9.47. The fraction of sp³-hybridized carbons (Fsp3) is 0.867. The normalized spacial score (nSPS) is 45.0. The summed E-state index contributed by atoms with van der Waals surface area (Å²) in [5.74, 6) is 1.20. The lowest BCUT2D eigenvalue weighted by Gasteiger charge is -2.62. The monoisotopic (exact) mass is 458 g/mol. The van der Waals surface area contributed by atoms with E-state index < -0.39 is 12.2 Å². The first-order chi connectivity index (χ1) is 15.2. The molecule has 3 heteroatoms. The number of allylic oxidation sites excluding steroid dienone is 2. The molecule has 0 spiro atoms. The summed E-state index contributed by atoms with van der Waals surface area (Å²) >= 11 is 0. The number of aliphatic hydroxyl groups excluding tert-OH is 3. The summed E-state index contributed by atoms with van der Waals surface area (Å²) in [5.41, 5.74) is 4.80. The van der Waals surface area contributed by atoms with Gasteiger partial charge in [-0.25, -0.2) is 0 Å². The Morgan fingerprint density at radius 1 is 0.970 bits per heavy atom. The van der Waals surface area contributed by atoms with Crippen molar-refractivity contribution >= 4 is 0 Å². The van der Waals surface area contributed by atoms with Crippen molar-refractivity contribution in [3.8, 4) is 0 Å². The molecule has 0 unspecified atom stereocenters. The van der Waals surface area contributed by atoms with Crippen LogP contribution in [-0.4, -0.2) is 33.6 Å². The van der Waals surface area contributed by atoms with Gasteiger partial charge in [-0.1, -0.05) is 64.8 Å². The highest BCUT2D eigenvalue weighted by atomic mass is 16.3. The van der Waals surface area contributed by atoms with E-state index in [-0.39, 0.29) is 33.7 Å². The molecule has 0 aromatic carbocycles. The van der Waals surface area contributed by atoms with Crippen LogP contribution in [0.15, 0.2) is 23.3 Å². The third kappa shape index (κ3) is 3.54. The van der Waals surface area contributed by atoms with Crippen LogP contribution in [-0.2, 0) is 0 Å². The largest absolute Gasteiger partial charge is 0.393 e. The number of rotatable bonds is 5. The van der Waals surface area contributed by atoms with Crippen LogP contribution in [0.3, 0.4) is 0 Å². The van der Waals surface area contributed by atoms with Gasteiger partial charge in [0, 0.05) is 6.42 Å². The second-order valence-corrected chi connectivity index (χ2v) is 13.8. The predicted octanol–water partition coefficient (Wildman–Crippen LogP) is 6.42. The summed E-state index contributed by atoms with van der Waals surface area (Å²) in [7, 11) is 0. The molecule has 0 bridgehead atoms. The quantitative estimate of drug-likeness (QED) is 0.417. The molecule has 188 valence electrons. The second kappa shape index (κ2) is 8.20. The lowest BCUT2D eigenvalue weighted by atomic mass is 9.43. The molecular weight excluding hydrogens is 408 g/mol. The summed E-state index contributed by atoms with van der Waals surface area (Å²) in [6, 6.07) is 0. The van der Waals surface area contributed by atoms with E-state index in [1.54, 1.807) is 11.1 Å². The van der Waals surface area contributed by atoms with Crippen LogP contribution in [0.25, 0.3) is 0 Å². The van der Waals surface area contributed by atoms with Crippen molar-refractivity contribution < 1.29 is 15.3 Å². The number of aliphatic hydroxyl groups is 3. The van der Waals surface area contributed by atoms with Gasteiger partial charge in [0.2, 0.25) is 0 Å². The van der Waals surface area contributed by atoms with Crippen molar-refractivity contribution in [1.82, 2.24) is 0 Å². The molecule has 4 aliphatic carbocycles. The summed E-state index contributed by atoms with van der Waals surface area (Å²) in [6.07, 6.45) is 8.23. The predicted molar refractivity (Wildman–Crippen MR) is 136 cm³/mol. The maximum absolute atomic E-state index is 11.1. The number of hydrogen-bond donors (Lipinski definition) is 3. The number of hydrogen-bond acceptors (Lipinski definition) is 3. The Hall–Kier alpha value is -0.640. The van der Waals surface area contributed by atoms with Gasteiger partial charge >= 0.3 is 0 Å². The van der Waals surface area contributed by atoms with Crippen LogP contribution >= 0.6 is 0 Å². The highest BCUT2D eigenvalue weighted by Gasteiger charge is 2.63. The van der Waals surface area contributed by atoms with Crippen LogP contribution in [0, 0.1) is 39.4 Å². The summed E-state index contributed by atoms with van der Waals surface area (Å²) in [4.78, 5) is 0. The topological polar surface area (TPSA) is 60.7 Å². The first-order valence-electron chi connectivity index (χ1n) is 13.6. The van der Waals surface area contributed by atoms with Gasteiger partial charge in [-0.15, -0.1) is 0 Å². The Balaban J connectivity index is 1.65. The zero-order valence-corrected chi connectivity index (χ0v) is 22.4. The zero-order valence-electron chi connectivity index (χ0n) is 22.4. The van der Waals surface area contributed by atoms with Crippen molar-refractivity contribution in [3.63, 3.8) is 0 Å². The minimum absolute atomic E-state index is 0.0197. The average molecular weight is 459 g/mol. The minimum Gasteiger partial charge on any atom is -0.393 e. The molecule has 0 radical (unpaired) electrons. The van der Waals surface area contributed by atoms with Crippen LogP contribution in [0.1, 0.15) is 106 Å². The Labute approximate surface area is 202 Å². The van der Waals surface area contributed by atoms with E-state index >= 15 is 0 Å². The van der Waals surface area contributed by atoms with E-state index in [9.17, 15) is 15.3 Å². The maximum Gasteiger partial charge on any atom is 0.0769 e. The lowest BCUT2D eigenvalue weighted by Crippen LogP contribution is -2.55. The van der Waals surface area contributed by atoms with Crippen LogP contribution < -0.4 is 0 Å². The molecule has 0 aromatic rings. The summed E-state index contributed by atoms with van der Waals surface area (Å²) < 4.78 is 0. The summed E-state index contributed by atoms with van der Waals surface area (Å²) in [5, 5.41) is 32.2. The first-order valence-corrected chi connectivity index (χ1v) is 13.6. The van der Waals surface area contributed by atoms with Crippen LogP contribution in [0.4, 0.5) is 0 Å². The van der Waals surface area contributed by atoms with Gasteiger partial charge in [-0.05, 0) is 97.7 Å². The van der Waals surface area contributed by atoms with E-state index in [1.807, 2.05) is 6.92 Å². The Kier molecular flexibility index (Phi) is 6.33. The van der Waals surface area contributed by atoms with Gasteiger partial charge in [-0.2, -0.15) is 0 Å². The first kappa shape index (κ1) is 25.5. The lowest BCUT2D eigenvalue weighted by molar-refractivity contribution is -0.0972. The maximum atomic E-state index is 11.1. The third-order valence-electron chi connectivity index (χ3n) is 12.1. The van der Waals surface area contributed by atoms with Crippen LogP contribution in [0.2, 0.25) is 0 Å². The molecule has 9 atom stereocenters. The fourth-order valence-corrected chi connectivity index (χ4v) is 9.47. The molecule has 3 N–H and O–H groups in total. The number of fused-ring (bicyclic) bond motifs is 4. The van der Waals surface area contributed by atoms with Gasteiger partial charge < -0.3 is 15.3 Å². The van der Waals surface area contributed by atoms with E-state index in [0.717, 1.165) is 24.8 Å². The Morgan fingerprint density at radius 2 is 1.64 bits per heavy atom. The molecular formula is C30H50O3. The molecule has 0 amide bonds. The highest BCUT2D eigenvalue weighted by molar-refractivity contribution is 5.38. The van der Waals surface area contributed by atoms with Gasteiger partial charge in [0.25, 0.3) is 0 Å². The van der Waals surface area contributed by atoms with Gasteiger partial charge in [-0.3, -0.25) is 0 Å². The molecule has 4 aliphatic rings. The smallest absolute Gasteiger partial charge is 0.0769 e. The average Bonchev–Trinajstić information content (AvgIpc) is 3.02. The van der Waals surface area contributed by atoms with Crippen molar-refractivity contribution in [2.45, 2.75) is 125 Å². The molecule has 0 heterocycles. The van der Waals surface area contributed by atoms with Crippen molar-refractivity contribution in [3.05, 3.63) is 23.3 Å². The molecule has 33 heavy (non-hydrogen) atoms. The molecule has 0 aromatic heterocycles. The molecule has 0 saturated heterocycles. The summed E-state index contributed by atoms with van der Waals surface area (Å²) in [6.45, 7) is 20.1.